The lowest BCUT2D eigenvalue weighted by Crippen LogP contribution is -2.43. The molecule has 2 amide bonds. The zero-order valence-electron chi connectivity index (χ0n) is 17.7. The Labute approximate surface area is 196 Å². The lowest BCUT2D eigenvalue weighted by Gasteiger charge is -2.30. The van der Waals surface area contributed by atoms with Gasteiger partial charge < -0.3 is 10.1 Å². The number of nitrogens with zero attached hydrogens (tertiary/aromatic N) is 2. The second-order valence-corrected chi connectivity index (χ2v) is 10.2. The maximum absolute atomic E-state index is 13.2. The van der Waals surface area contributed by atoms with Gasteiger partial charge in [-0.15, -0.1) is 0 Å². The summed E-state index contributed by atoms with van der Waals surface area (Å²) in [7, 11) is -3.76. The summed E-state index contributed by atoms with van der Waals surface area (Å²) in [6, 6.07) is 7.84. The van der Waals surface area contributed by atoms with E-state index < -0.39 is 34.2 Å². The van der Waals surface area contributed by atoms with Crippen LogP contribution in [0.2, 0.25) is 5.02 Å². The van der Waals surface area contributed by atoms with Crippen LogP contribution in [0.15, 0.2) is 41.3 Å². The topological polar surface area (TPSA) is 96.0 Å². The number of halogens is 2. The molecule has 33 heavy (non-hydrogen) atoms. The van der Waals surface area contributed by atoms with Gasteiger partial charge in [-0.1, -0.05) is 24.4 Å². The number of benzene rings is 2. The van der Waals surface area contributed by atoms with E-state index in [0.717, 1.165) is 37.8 Å². The van der Waals surface area contributed by atoms with Gasteiger partial charge in [0, 0.05) is 13.1 Å². The molecule has 0 saturated carbocycles. The molecular formula is C22H23ClFN3O5S. The predicted molar refractivity (Wildman–Crippen MR) is 122 cm³/mol. The van der Waals surface area contributed by atoms with Gasteiger partial charge in [0.25, 0.3) is 5.91 Å². The van der Waals surface area contributed by atoms with Gasteiger partial charge in [0.15, 0.2) is 6.61 Å². The third kappa shape index (κ3) is 5.13. The first kappa shape index (κ1) is 23.5. The zero-order valence-corrected chi connectivity index (χ0v) is 19.3. The molecule has 0 spiro atoms. The molecule has 2 aromatic rings. The largest absolute Gasteiger partial charge is 0.482 e. The zero-order chi connectivity index (χ0) is 23.6. The summed E-state index contributed by atoms with van der Waals surface area (Å²) in [6.45, 7) is 0.213. The molecule has 0 bridgehead atoms. The van der Waals surface area contributed by atoms with Gasteiger partial charge in [0.05, 0.1) is 21.3 Å². The van der Waals surface area contributed by atoms with Crippen molar-refractivity contribution in [2.24, 2.45) is 0 Å². The van der Waals surface area contributed by atoms with Gasteiger partial charge in [-0.05, 0) is 49.2 Å². The minimum atomic E-state index is -3.76. The first-order chi connectivity index (χ1) is 15.8. The second-order valence-electron chi connectivity index (χ2n) is 7.89. The molecule has 0 unspecified atom stereocenters. The van der Waals surface area contributed by atoms with Crippen LogP contribution in [0.3, 0.4) is 0 Å². The van der Waals surface area contributed by atoms with Crippen LogP contribution >= 0.6 is 11.6 Å². The van der Waals surface area contributed by atoms with Crippen LogP contribution in [0, 0.1) is 5.82 Å². The molecule has 1 fully saturated rings. The monoisotopic (exact) mass is 495 g/mol. The average Bonchev–Trinajstić information content (AvgIpc) is 3.08. The van der Waals surface area contributed by atoms with Gasteiger partial charge in [0.1, 0.15) is 18.1 Å². The van der Waals surface area contributed by atoms with Crippen molar-refractivity contribution in [1.29, 1.82) is 0 Å². The summed E-state index contributed by atoms with van der Waals surface area (Å²) in [4.78, 5) is 26.4. The number of rotatable bonds is 5. The Morgan fingerprint density at radius 2 is 1.82 bits per heavy atom. The molecule has 11 heteroatoms. The number of amides is 2. The van der Waals surface area contributed by atoms with Crippen LogP contribution < -0.4 is 15.0 Å². The first-order valence-corrected chi connectivity index (χ1v) is 12.4. The van der Waals surface area contributed by atoms with E-state index in [1.807, 2.05) is 0 Å². The lowest BCUT2D eigenvalue weighted by atomic mass is 10.2. The predicted octanol–water partition coefficient (Wildman–Crippen LogP) is 3.41. The fraction of sp³-hybridized carbons (Fsp3) is 0.364. The highest BCUT2D eigenvalue weighted by atomic mass is 35.5. The van der Waals surface area contributed by atoms with Crippen molar-refractivity contribution in [3.05, 3.63) is 47.2 Å². The van der Waals surface area contributed by atoms with Crippen molar-refractivity contribution in [3.8, 4) is 5.75 Å². The average molecular weight is 496 g/mol. The van der Waals surface area contributed by atoms with Gasteiger partial charge in [0.2, 0.25) is 15.9 Å². The molecule has 2 aliphatic rings. The van der Waals surface area contributed by atoms with E-state index in [0.29, 0.717) is 18.8 Å². The molecule has 2 heterocycles. The summed E-state index contributed by atoms with van der Waals surface area (Å²) >= 11 is 5.96. The van der Waals surface area contributed by atoms with Crippen molar-refractivity contribution in [1.82, 2.24) is 4.31 Å². The molecular weight excluding hydrogens is 473 g/mol. The molecule has 0 aliphatic carbocycles. The molecule has 176 valence electrons. The van der Waals surface area contributed by atoms with Gasteiger partial charge >= 0.3 is 0 Å². The second kappa shape index (κ2) is 9.66. The number of anilines is 2. The molecule has 0 aromatic heterocycles. The quantitative estimate of drug-likeness (QED) is 0.685. The summed E-state index contributed by atoms with van der Waals surface area (Å²) < 4.78 is 46.5. The number of ether oxygens (including phenoxy) is 1. The molecule has 8 nitrogen and oxygen atoms in total. The van der Waals surface area contributed by atoms with Gasteiger partial charge in [-0.25, -0.2) is 12.8 Å². The molecule has 0 radical (unpaired) electrons. The van der Waals surface area contributed by atoms with Crippen LogP contribution in [-0.4, -0.2) is 50.8 Å². The van der Waals surface area contributed by atoms with Crippen molar-refractivity contribution in [2.75, 3.05) is 36.5 Å². The highest BCUT2D eigenvalue weighted by Gasteiger charge is 2.31. The van der Waals surface area contributed by atoms with Crippen LogP contribution in [0.1, 0.15) is 25.7 Å². The SMILES string of the molecule is O=C(CN1C(=O)COc2ccc(S(=O)(=O)N3CCCCCC3)cc21)Nc1ccc(F)cc1Cl. The van der Waals surface area contributed by atoms with Crippen molar-refractivity contribution >= 4 is 44.8 Å². The molecule has 1 N–H and O–H groups in total. The van der Waals surface area contributed by atoms with E-state index in [-0.39, 0.29) is 27.9 Å². The number of hydrogen-bond acceptors (Lipinski definition) is 5. The fourth-order valence-electron chi connectivity index (χ4n) is 3.87. The maximum atomic E-state index is 13.2. The highest BCUT2D eigenvalue weighted by Crippen LogP contribution is 2.35. The van der Waals surface area contributed by atoms with Gasteiger partial charge in [-0.2, -0.15) is 4.31 Å². The molecule has 2 aromatic carbocycles. The van der Waals surface area contributed by atoms with Gasteiger partial charge in [-0.3, -0.25) is 14.5 Å². The number of sulfonamides is 1. The van der Waals surface area contributed by atoms with E-state index in [2.05, 4.69) is 5.32 Å². The summed E-state index contributed by atoms with van der Waals surface area (Å²) in [6.07, 6.45) is 3.56. The van der Waals surface area contributed by atoms with E-state index in [1.54, 1.807) is 0 Å². The Hall–Kier alpha value is -2.69. The smallest absolute Gasteiger partial charge is 0.265 e. The van der Waals surface area contributed by atoms with Crippen molar-refractivity contribution in [2.45, 2.75) is 30.6 Å². The van der Waals surface area contributed by atoms with E-state index >= 15 is 0 Å². The minimum absolute atomic E-state index is 0.0166. The molecule has 4 rings (SSSR count). The first-order valence-electron chi connectivity index (χ1n) is 10.6. The van der Waals surface area contributed by atoms with Crippen molar-refractivity contribution in [3.63, 3.8) is 0 Å². The summed E-state index contributed by atoms with van der Waals surface area (Å²) in [5.41, 5.74) is 0.393. The van der Waals surface area contributed by atoms with Crippen LogP contribution in [0.4, 0.5) is 15.8 Å². The molecule has 0 atom stereocenters. The number of nitrogens with one attached hydrogen (secondary N) is 1. The standard InChI is InChI=1S/C22H23ClFN3O5S/c23-17-11-15(24)5-7-18(17)25-21(28)13-27-19-12-16(6-8-20(19)32-14-22(27)29)33(30,31)26-9-3-1-2-4-10-26/h5-8,11-12H,1-4,9-10,13-14H2,(H,25,28). The number of hydrogen-bond donors (Lipinski definition) is 1. The Bertz CT molecular complexity index is 1180. The summed E-state index contributed by atoms with van der Waals surface area (Å²) in [5.74, 6) is -1.32. The number of carbonyl (C=O) groups excluding carboxylic acids is 2. The number of carbonyl (C=O) groups is 2. The Balaban J connectivity index is 1.58. The summed E-state index contributed by atoms with van der Waals surface area (Å²) in [5, 5.41) is 2.56. The normalized spacial score (nSPS) is 17.2. The molecule has 1 saturated heterocycles. The number of fused-ring (bicyclic) bond motifs is 1. The van der Waals surface area contributed by atoms with Crippen molar-refractivity contribution < 1.29 is 27.1 Å². The van der Waals surface area contributed by atoms with Crippen LogP contribution in [0.5, 0.6) is 5.75 Å². The Morgan fingerprint density at radius 1 is 1.09 bits per heavy atom. The van der Waals surface area contributed by atoms with E-state index in [1.165, 1.54) is 33.5 Å². The highest BCUT2D eigenvalue weighted by molar-refractivity contribution is 7.89. The van der Waals surface area contributed by atoms with E-state index in [9.17, 15) is 22.4 Å². The lowest BCUT2D eigenvalue weighted by molar-refractivity contribution is -0.123. The third-order valence-electron chi connectivity index (χ3n) is 5.58. The Morgan fingerprint density at radius 3 is 2.52 bits per heavy atom. The molecule has 2 aliphatic heterocycles. The Kier molecular flexibility index (Phi) is 6.87. The maximum Gasteiger partial charge on any atom is 0.265 e. The third-order valence-corrected chi connectivity index (χ3v) is 7.79. The van der Waals surface area contributed by atoms with Crippen LogP contribution in [0.25, 0.3) is 0 Å². The van der Waals surface area contributed by atoms with E-state index in [4.69, 9.17) is 16.3 Å². The fourth-order valence-corrected chi connectivity index (χ4v) is 5.62. The minimum Gasteiger partial charge on any atom is -0.482 e. The van der Waals surface area contributed by atoms with Crippen LogP contribution in [-0.2, 0) is 19.6 Å².